The SMILES string of the molecule is COCCN1C(=O)N[C@@H]2CN(c3ccnc4ccncc34)CC[C@@H]21. The normalized spacial score (nSPS) is 23.5. The molecule has 2 aromatic heterocycles. The van der Waals surface area contributed by atoms with Crippen molar-refractivity contribution in [1.29, 1.82) is 0 Å². The third-order valence-corrected chi connectivity index (χ3v) is 4.94. The van der Waals surface area contributed by atoms with E-state index in [-0.39, 0.29) is 18.1 Å². The number of ether oxygens (including phenoxy) is 1. The molecule has 0 spiro atoms. The maximum atomic E-state index is 12.2. The fraction of sp³-hybridized carbons (Fsp3) is 0.471. The number of anilines is 1. The molecule has 0 radical (unpaired) electrons. The molecule has 4 heterocycles. The number of hydrogen-bond donors (Lipinski definition) is 1. The van der Waals surface area contributed by atoms with Gasteiger partial charge in [-0.25, -0.2) is 4.79 Å². The number of amides is 2. The summed E-state index contributed by atoms with van der Waals surface area (Å²) in [7, 11) is 1.66. The first-order valence-electron chi connectivity index (χ1n) is 8.27. The average Bonchev–Trinajstić information content (AvgIpc) is 2.93. The van der Waals surface area contributed by atoms with Gasteiger partial charge in [0.25, 0.3) is 0 Å². The number of hydrogen-bond acceptors (Lipinski definition) is 5. The first-order valence-corrected chi connectivity index (χ1v) is 8.27. The predicted octanol–water partition coefficient (Wildman–Crippen LogP) is 1.25. The molecule has 0 bridgehead atoms. The maximum Gasteiger partial charge on any atom is 0.318 e. The van der Waals surface area contributed by atoms with Gasteiger partial charge in [0.15, 0.2) is 0 Å². The summed E-state index contributed by atoms with van der Waals surface area (Å²) < 4.78 is 5.12. The lowest BCUT2D eigenvalue weighted by atomic mass is 9.99. The van der Waals surface area contributed by atoms with Crippen molar-refractivity contribution in [3.63, 3.8) is 0 Å². The van der Waals surface area contributed by atoms with E-state index in [0.717, 1.165) is 36.1 Å². The Hall–Kier alpha value is -2.41. The number of carbonyl (C=O) groups is 1. The van der Waals surface area contributed by atoms with Gasteiger partial charge in [0, 0.05) is 56.4 Å². The Morgan fingerprint density at radius 3 is 3.17 bits per heavy atom. The fourth-order valence-corrected chi connectivity index (χ4v) is 3.77. The summed E-state index contributed by atoms with van der Waals surface area (Å²) in [5, 5.41) is 4.18. The van der Waals surface area contributed by atoms with Crippen LogP contribution in [0.25, 0.3) is 10.9 Å². The van der Waals surface area contributed by atoms with E-state index in [4.69, 9.17) is 4.74 Å². The molecule has 1 N–H and O–H groups in total. The van der Waals surface area contributed by atoms with E-state index in [1.54, 1.807) is 13.3 Å². The number of urea groups is 1. The molecular formula is C17H21N5O2. The minimum absolute atomic E-state index is 0.0187. The summed E-state index contributed by atoms with van der Waals surface area (Å²) in [4.78, 5) is 25.1. The molecule has 2 saturated heterocycles. The van der Waals surface area contributed by atoms with Gasteiger partial charge in [0.05, 0.1) is 24.2 Å². The van der Waals surface area contributed by atoms with Crippen molar-refractivity contribution in [3.05, 3.63) is 30.7 Å². The number of rotatable bonds is 4. The zero-order valence-corrected chi connectivity index (χ0v) is 13.7. The molecule has 0 unspecified atom stereocenters. The first-order chi connectivity index (χ1) is 11.8. The van der Waals surface area contributed by atoms with Crippen LogP contribution in [0.1, 0.15) is 6.42 Å². The Labute approximate surface area is 140 Å². The Morgan fingerprint density at radius 2 is 2.29 bits per heavy atom. The predicted molar refractivity (Wildman–Crippen MR) is 91.1 cm³/mol. The zero-order chi connectivity index (χ0) is 16.5. The van der Waals surface area contributed by atoms with Crippen molar-refractivity contribution < 1.29 is 9.53 Å². The summed E-state index contributed by atoms with van der Waals surface area (Å²) in [6.45, 7) is 2.92. The topological polar surface area (TPSA) is 70.6 Å². The Balaban J connectivity index is 1.56. The number of aromatic nitrogens is 2. The van der Waals surface area contributed by atoms with Crippen LogP contribution in [-0.4, -0.2) is 66.3 Å². The lowest BCUT2D eigenvalue weighted by molar-refractivity contribution is 0.140. The molecule has 2 aliphatic heterocycles. The highest BCUT2D eigenvalue weighted by Crippen LogP contribution is 2.30. The van der Waals surface area contributed by atoms with E-state index in [1.165, 1.54) is 0 Å². The van der Waals surface area contributed by atoms with Crippen LogP contribution < -0.4 is 10.2 Å². The molecule has 2 atom stereocenters. The number of nitrogens with zero attached hydrogens (tertiary/aromatic N) is 4. The molecular weight excluding hydrogens is 306 g/mol. The van der Waals surface area contributed by atoms with Crippen molar-refractivity contribution in [1.82, 2.24) is 20.2 Å². The molecule has 2 fully saturated rings. The van der Waals surface area contributed by atoms with Gasteiger partial charge in [0.2, 0.25) is 0 Å². The molecule has 0 aliphatic carbocycles. The van der Waals surface area contributed by atoms with Gasteiger partial charge in [-0.15, -0.1) is 0 Å². The number of piperidine rings is 1. The zero-order valence-electron chi connectivity index (χ0n) is 13.7. The van der Waals surface area contributed by atoms with Crippen LogP contribution >= 0.6 is 0 Å². The Bertz CT molecular complexity index is 747. The van der Waals surface area contributed by atoms with Crippen molar-refractivity contribution in [3.8, 4) is 0 Å². The van der Waals surface area contributed by atoms with Crippen molar-refractivity contribution in [2.75, 3.05) is 38.3 Å². The Morgan fingerprint density at radius 1 is 1.38 bits per heavy atom. The standard InChI is InChI=1S/C17H21N5O2/c1-24-9-8-22-16-4-7-21(11-14(16)20-17(22)23)15-3-6-19-13-2-5-18-10-12(13)15/h2-3,5-6,10,14,16H,4,7-9,11H2,1H3,(H,20,23)/t14-,16+/m1/s1. The second-order valence-corrected chi connectivity index (χ2v) is 6.27. The molecule has 4 rings (SSSR count). The molecule has 7 heteroatoms. The van der Waals surface area contributed by atoms with Crippen LogP contribution in [0.15, 0.2) is 30.7 Å². The van der Waals surface area contributed by atoms with Gasteiger partial charge in [0.1, 0.15) is 0 Å². The lowest BCUT2D eigenvalue weighted by Crippen LogP contribution is -2.51. The third kappa shape index (κ3) is 2.54. The Kier molecular flexibility index (Phi) is 3.93. The van der Waals surface area contributed by atoms with E-state index in [1.807, 2.05) is 29.4 Å². The number of carbonyl (C=O) groups excluding carboxylic acids is 1. The minimum Gasteiger partial charge on any atom is -0.383 e. The van der Waals surface area contributed by atoms with E-state index < -0.39 is 0 Å². The van der Waals surface area contributed by atoms with Crippen LogP contribution in [-0.2, 0) is 4.74 Å². The minimum atomic E-state index is 0.0187. The summed E-state index contributed by atoms with van der Waals surface area (Å²) in [5.74, 6) is 0. The molecule has 0 aromatic carbocycles. The van der Waals surface area contributed by atoms with Crippen LogP contribution in [0.3, 0.4) is 0 Å². The average molecular weight is 327 g/mol. The molecule has 7 nitrogen and oxygen atoms in total. The molecule has 24 heavy (non-hydrogen) atoms. The number of methoxy groups -OCH3 is 1. The van der Waals surface area contributed by atoms with Gasteiger partial charge < -0.3 is 19.9 Å². The highest BCUT2D eigenvalue weighted by Gasteiger charge is 2.42. The largest absolute Gasteiger partial charge is 0.383 e. The number of nitrogens with one attached hydrogen (secondary N) is 1. The summed E-state index contributed by atoms with van der Waals surface area (Å²) in [5.41, 5.74) is 2.08. The van der Waals surface area contributed by atoms with Crippen LogP contribution in [0.4, 0.5) is 10.5 Å². The van der Waals surface area contributed by atoms with Crippen molar-refractivity contribution in [2.45, 2.75) is 18.5 Å². The van der Waals surface area contributed by atoms with E-state index in [0.29, 0.717) is 13.2 Å². The number of pyridine rings is 2. The molecule has 2 aromatic rings. The van der Waals surface area contributed by atoms with E-state index in [2.05, 4.69) is 20.2 Å². The van der Waals surface area contributed by atoms with Gasteiger partial charge >= 0.3 is 6.03 Å². The molecule has 2 amide bonds. The smallest absolute Gasteiger partial charge is 0.318 e. The second-order valence-electron chi connectivity index (χ2n) is 6.27. The van der Waals surface area contributed by atoms with Gasteiger partial charge in [-0.05, 0) is 18.6 Å². The van der Waals surface area contributed by atoms with Gasteiger partial charge in [-0.2, -0.15) is 0 Å². The van der Waals surface area contributed by atoms with Crippen LogP contribution in [0, 0.1) is 0 Å². The quantitative estimate of drug-likeness (QED) is 0.915. The fourth-order valence-electron chi connectivity index (χ4n) is 3.77. The highest BCUT2D eigenvalue weighted by molar-refractivity contribution is 5.90. The third-order valence-electron chi connectivity index (χ3n) is 4.94. The summed E-state index contributed by atoms with van der Waals surface area (Å²) >= 11 is 0. The highest BCUT2D eigenvalue weighted by atomic mass is 16.5. The maximum absolute atomic E-state index is 12.2. The van der Waals surface area contributed by atoms with Gasteiger partial charge in [-0.1, -0.05) is 0 Å². The van der Waals surface area contributed by atoms with Crippen LogP contribution in [0.5, 0.6) is 0 Å². The summed E-state index contributed by atoms with van der Waals surface area (Å²) in [6, 6.07) is 4.36. The lowest BCUT2D eigenvalue weighted by Gasteiger charge is -2.38. The molecule has 2 aliphatic rings. The molecule has 126 valence electrons. The van der Waals surface area contributed by atoms with E-state index >= 15 is 0 Å². The van der Waals surface area contributed by atoms with Gasteiger partial charge in [-0.3, -0.25) is 9.97 Å². The number of fused-ring (bicyclic) bond motifs is 2. The second kappa shape index (κ2) is 6.24. The first kappa shape index (κ1) is 15.1. The van der Waals surface area contributed by atoms with Crippen molar-refractivity contribution in [2.24, 2.45) is 0 Å². The summed E-state index contributed by atoms with van der Waals surface area (Å²) in [6.07, 6.45) is 6.40. The van der Waals surface area contributed by atoms with Crippen LogP contribution in [0.2, 0.25) is 0 Å². The monoisotopic (exact) mass is 327 g/mol. The van der Waals surface area contributed by atoms with Crippen molar-refractivity contribution >= 4 is 22.6 Å². The molecule has 0 saturated carbocycles. The van der Waals surface area contributed by atoms with E-state index in [9.17, 15) is 4.79 Å².